The van der Waals surface area contributed by atoms with Crippen molar-refractivity contribution in [1.82, 2.24) is 20.2 Å². The van der Waals surface area contributed by atoms with E-state index in [-0.39, 0.29) is 6.54 Å². The van der Waals surface area contributed by atoms with Crippen molar-refractivity contribution in [3.63, 3.8) is 0 Å². The van der Waals surface area contributed by atoms with Crippen LogP contribution in [-0.2, 0) is 11.3 Å². The highest BCUT2D eigenvalue weighted by Crippen LogP contribution is 2.29. The van der Waals surface area contributed by atoms with E-state index in [4.69, 9.17) is 11.6 Å². The molecule has 7 heteroatoms. The number of halogens is 1. The van der Waals surface area contributed by atoms with Gasteiger partial charge < -0.3 is 5.11 Å². The molecule has 1 aromatic heterocycles. The molecule has 1 unspecified atom stereocenters. The zero-order valence-electron chi connectivity index (χ0n) is 11.2. The van der Waals surface area contributed by atoms with Gasteiger partial charge in [0.25, 0.3) is 0 Å². The van der Waals surface area contributed by atoms with Crippen LogP contribution in [-0.4, -0.2) is 31.3 Å². The van der Waals surface area contributed by atoms with E-state index >= 15 is 0 Å². The van der Waals surface area contributed by atoms with Gasteiger partial charge in [-0.1, -0.05) is 30.7 Å². The summed E-state index contributed by atoms with van der Waals surface area (Å²) >= 11 is 6.13. The normalized spacial score (nSPS) is 13.9. The van der Waals surface area contributed by atoms with E-state index in [0.29, 0.717) is 22.8 Å². The SMILES string of the molecule is CCC(C)(Cn1nnnc1-c1ccccc1Cl)C(=O)O. The molecule has 0 saturated heterocycles. The predicted molar refractivity (Wildman–Crippen MR) is 74.3 cm³/mol. The van der Waals surface area contributed by atoms with Gasteiger partial charge >= 0.3 is 5.97 Å². The Morgan fingerprint density at radius 3 is 2.75 bits per heavy atom. The summed E-state index contributed by atoms with van der Waals surface area (Å²) in [5.41, 5.74) is -0.242. The van der Waals surface area contributed by atoms with E-state index in [0.717, 1.165) is 0 Å². The molecule has 0 spiro atoms. The third-order valence-electron chi connectivity index (χ3n) is 3.44. The first-order valence-electron chi connectivity index (χ1n) is 6.22. The summed E-state index contributed by atoms with van der Waals surface area (Å²) < 4.78 is 1.48. The van der Waals surface area contributed by atoms with E-state index in [1.807, 2.05) is 19.1 Å². The average Bonchev–Trinajstić information content (AvgIpc) is 2.86. The van der Waals surface area contributed by atoms with Crippen LogP contribution in [0.3, 0.4) is 0 Å². The Balaban J connectivity index is 2.40. The van der Waals surface area contributed by atoms with Crippen molar-refractivity contribution in [2.75, 3.05) is 0 Å². The van der Waals surface area contributed by atoms with Gasteiger partial charge in [0.2, 0.25) is 0 Å². The lowest BCUT2D eigenvalue weighted by molar-refractivity contribution is -0.149. The molecule has 0 fully saturated rings. The van der Waals surface area contributed by atoms with Gasteiger partial charge in [0.1, 0.15) is 0 Å². The third kappa shape index (κ3) is 2.65. The summed E-state index contributed by atoms with van der Waals surface area (Å²) in [7, 11) is 0. The molecule has 0 aliphatic rings. The number of hydrogen-bond acceptors (Lipinski definition) is 4. The molecule has 1 heterocycles. The number of hydrogen-bond donors (Lipinski definition) is 1. The van der Waals surface area contributed by atoms with Crippen molar-refractivity contribution in [2.24, 2.45) is 5.41 Å². The molecular formula is C13H15ClN4O2. The topological polar surface area (TPSA) is 80.9 Å². The zero-order chi connectivity index (χ0) is 14.8. The standard InChI is InChI=1S/C13H15ClN4O2/c1-3-13(2,12(19)20)8-18-11(15-16-17-18)9-6-4-5-7-10(9)14/h4-7H,3,8H2,1-2H3,(H,19,20). The Labute approximate surface area is 121 Å². The molecule has 0 aliphatic carbocycles. The monoisotopic (exact) mass is 294 g/mol. The second-order valence-corrected chi connectivity index (χ2v) is 5.27. The molecule has 0 saturated carbocycles. The molecule has 0 amide bonds. The second-order valence-electron chi connectivity index (χ2n) is 4.86. The average molecular weight is 295 g/mol. The van der Waals surface area contributed by atoms with Gasteiger partial charge in [-0.15, -0.1) is 5.10 Å². The van der Waals surface area contributed by atoms with Crippen molar-refractivity contribution in [1.29, 1.82) is 0 Å². The Morgan fingerprint density at radius 1 is 1.45 bits per heavy atom. The Hall–Kier alpha value is -1.95. The van der Waals surface area contributed by atoms with Crippen LogP contribution >= 0.6 is 11.6 Å². The fraction of sp³-hybridized carbons (Fsp3) is 0.385. The summed E-state index contributed by atoms with van der Waals surface area (Å²) in [5.74, 6) is -0.405. The molecular weight excluding hydrogens is 280 g/mol. The molecule has 1 atom stereocenters. The Kier molecular flexibility index (Phi) is 4.04. The highest BCUT2D eigenvalue weighted by molar-refractivity contribution is 6.33. The maximum absolute atomic E-state index is 11.4. The van der Waals surface area contributed by atoms with Crippen LogP contribution in [0.1, 0.15) is 20.3 Å². The molecule has 0 radical (unpaired) electrons. The number of nitrogens with zero attached hydrogens (tertiary/aromatic N) is 4. The summed E-state index contributed by atoms with van der Waals surface area (Å²) in [4.78, 5) is 11.4. The van der Waals surface area contributed by atoms with Crippen molar-refractivity contribution in [2.45, 2.75) is 26.8 Å². The number of tetrazole rings is 1. The molecule has 0 bridgehead atoms. The van der Waals surface area contributed by atoms with Crippen molar-refractivity contribution < 1.29 is 9.90 Å². The van der Waals surface area contributed by atoms with E-state index in [2.05, 4.69) is 15.5 Å². The van der Waals surface area contributed by atoms with Crippen LogP contribution in [0.5, 0.6) is 0 Å². The molecule has 2 rings (SSSR count). The minimum atomic E-state index is -0.925. The molecule has 106 valence electrons. The van der Waals surface area contributed by atoms with Crippen LogP contribution in [0.2, 0.25) is 5.02 Å². The lowest BCUT2D eigenvalue weighted by Crippen LogP contribution is -2.32. The smallest absolute Gasteiger partial charge is 0.311 e. The van der Waals surface area contributed by atoms with Crippen molar-refractivity contribution in [3.05, 3.63) is 29.3 Å². The number of carboxylic acid groups (broad SMARTS) is 1. The fourth-order valence-electron chi connectivity index (χ4n) is 1.81. The van der Waals surface area contributed by atoms with E-state index in [1.54, 1.807) is 19.1 Å². The lowest BCUT2D eigenvalue weighted by Gasteiger charge is -2.22. The quantitative estimate of drug-likeness (QED) is 0.916. The summed E-state index contributed by atoms with van der Waals surface area (Å²) in [6.45, 7) is 3.69. The minimum Gasteiger partial charge on any atom is -0.481 e. The van der Waals surface area contributed by atoms with Crippen molar-refractivity contribution in [3.8, 4) is 11.4 Å². The number of benzene rings is 1. The van der Waals surface area contributed by atoms with E-state index < -0.39 is 11.4 Å². The molecule has 6 nitrogen and oxygen atoms in total. The minimum absolute atomic E-state index is 0.187. The summed E-state index contributed by atoms with van der Waals surface area (Å²) in [6, 6.07) is 7.19. The van der Waals surface area contributed by atoms with Crippen LogP contribution < -0.4 is 0 Å². The highest BCUT2D eigenvalue weighted by atomic mass is 35.5. The van der Waals surface area contributed by atoms with Crippen LogP contribution in [0.15, 0.2) is 24.3 Å². The van der Waals surface area contributed by atoms with Crippen LogP contribution in [0.25, 0.3) is 11.4 Å². The van der Waals surface area contributed by atoms with Gasteiger partial charge in [0.05, 0.1) is 17.0 Å². The number of carboxylic acids is 1. The van der Waals surface area contributed by atoms with Crippen molar-refractivity contribution >= 4 is 17.6 Å². The first kappa shape index (κ1) is 14.5. The molecule has 20 heavy (non-hydrogen) atoms. The van der Waals surface area contributed by atoms with Gasteiger partial charge in [-0.05, 0) is 35.9 Å². The number of aromatic nitrogens is 4. The first-order valence-corrected chi connectivity index (χ1v) is 6.60. The molecule has 1 N–H and O–H groups in total. The first-order chi connectivity index (χ1) is 9.48. The maximum Gasteiger partial charge on any atom is 0.311 e. The van der Waals surface area contributed by atoms with Gasteiger partial charge in [0.15, 0.2) is 5.82 Å². The lowest BCUT2D eigenvalue weighted by atomic mass is 9.88. The van der Waals surface area contributed by atoms with Gasteiger partial charge in [-0.3, -0.25) is 4.79 Å². The zero-order valence-corrected chi connectivity index (χ0v) is 12.0. The van der Waals surface area contributed by atoms with Crippen LogP contribution in [0, 0.1) is 5.41 Å². The molecule has 1 aromatic carbocycles. The maximum atomic E-state index is 11.4. The fourth-order valence-corrected chi connectivity index (χ4v) is 2.03. The number of aliphatic carboxylic acids is 1. The van der Waals surface area contributed by atoms with Gasteiger partial charge in [-0.25, -0.2) is 4.68 Å². The predicted octanol–water partition coefficient (Wildman–Crippen LogP) is 2.49. The van der Waals surface area contributed by atoms with Gasteiger partial charge in [0, 0.05) is 5.56 Å². The van der Waals surface area contributed by atoms with E-state index in [9.17, 15) is 9.90 Å². The van der Waals surface area contributed by atoms with Crippen LogP contribution in [0.4, 0.5) is 0 Å². The highest BCUT2D eigenvalue weighted by Gasteiger charge is 2.33. The Morgan fingerprint density at radius 2 is 2.15 bits per heavy atom. The molecule has 2 aromatic rings. The third-order valence-corrected chi connectivity index (χ3v) is 3.77. The number of carbonyl (C=O) groups is 1. The Bertz CT molecular complexity index is 628. The second kappa shape index (κ2) is 5.58. The summed E-state index contributed by atoms with van der Waals surface area (Å²) in [6.07, 6.45) is 0.476. The summed E-state index contributed by atoms with van der Waals surface area (Å²) in [5, 5.41) is 21.3. The number of rotatable bonds is 5. The largest absolute Gasteiger partial charge is 0.481 e. The van der Waals surface area contributed by atoms with E-state index in [1.165, 1.54) is 4.68 Å². The molecule has 0 aliphatic heterocycles. The van der Waals surface area contributed by atoms with Gasteiger partial charge in [-0.2, -0.15) is 0 Å².